The van der Waals surface area contributed by atoms with E-state index in [1.807, 2.05) is 0 Å². The van der Waals surface area contributed by atoms with Crippen molar-refractivity contribution in [2.45, 2.75) is 71.8 Å². The zero-order valence-electron chi connectivity index (χ0n) is 12.2. The van der Waals surface area contributed by atoms with Gasteiger partial charge in [0.15, 0.2) is 0 Å². The molecular weight excluding hydrogens is 212 g/mol. The van der Waals surface area contributed by atoms with Crippen LogP contribution in [0, 0.1) is 23.2 Å². The molecule has 1 saturated heterocycles. The molecule has 0 nitrogen and oxygen atoms in total. The van der Waals surface area contributed by atoms with E-state index in [0.29, 0.717) is 5.41 Å². The standard InChI is InChI=1S/C15H30S/c1-10(2)13-8-11(3)12(4)16-14(9-13)15(5,6)7/h10-14H,8-9H2,1-7H3/t11?,12?,13-,14-/m1/s1. The summed E-state index contributed by atoms with van der Waals surface area (Å²) in [5.41, 5.74) is 0.454. The second kappa shape index (κ2) is 5.33. The lowest BCUT2D eigenvalue weighted by molar-refractivity contribution is 0.260. The molecule has 0 saturated carbocycles. The smallest absolute Gasteiger partial charge is 0.0101 e. The van der Waals surface area contributed by atoms with Crippen molar-refractivity contribution in [3.05, 3.63) is 0 Å². The average Bonchev–Trinajstić information content (AvgIpc) is 2.26. The van der Waals surface area contributed by atoms with Gasteiger partial charge < -0.3 is 0 Å². The summed E-state index contributed by atoms with van der Waals surface area (Å²) in [4.78, 5) is 0. The minimum atomic E-state index is 0.454. The normalized spacial score (nSPS) is 37.5. The largest absolute Gasteiger partial charge is 0.155 e. The van der Waals surface area contributed by atoms with E-state index in [1.165, 1.54) is 12.8 Å². The highest BCUT2D eigenvalue weighted by atomic mass is 32.2. The fraction of sp³-hybridized carbons (Fsp3) is 1.00. The first-order valence-corrected chi connectivity index (χ1v) is 7.81. The summed E-state index contributed by atoms with van der Waals surface area (Å²) in [5.74, 6) is 2.65. The van der Waals surface area contributed by atoms with Crippen LogP contribution < -0.4 is 0 Å². The van der Waals surface area contributed by atoms with E-state index in [2.05, 4.69) is 60.2 Å². The zero-order valence-corrected chi connectivity index (χ0v) is 13.0. The van der Waals surface area contributed by atoms with Gasteiger partial charge in [-0.1, -0.05) is 48.5 Å². The maximum atomic E-state index is 2.44. The monoisotopic (exact) mass is 242 g/mol. The van der Waals surface area contributed by atoms with Crippen molar-refractivity contribution < 1.29 is 0 Å². The van der Waals surface area contributed by atoms with Gasteiger partial charge in [-0.2, -0.15) is 11.8 Å². The minimum Gasteiger partial charge on any atom is -0.155 e. The van der Waals surface area contributed by atoms with Crippen LogP contribution >= 0.6 is 11.8 Å². The van der Waals surface area contributed by atoms with Crippen molar-refractivity contribution >= 4 is 11.8 Å². The van der Waals surface area contributed by atoms with Crippen LogP contribution in [-0.4, -0.2) is 10.5 Å². The van der Waals surface area contributed by atoms with Gasteiger partial charge in [0.2, 0.25) is 0 Å². The second-order valence-electron chi connectivity index (χ2n) is 7.15. The summed E-state index contributed by atoms with van der Waals surface area (Å²) in [6.07, 6.45) is 2.85. The zero-order chi connectivity index (χ0) is 12.5. The van der Waals surface area contributed by atoms with E-state index in [-0.39, 0.29) is 0 Å². The molecule has 0 aromatic carbocycles. The second-order valence-corrected chi connectivity index (χ2v) is 8.73. The Morgan fingerprint density at radius 2 is 1.62 bits per heavy atom. The molecule has 0 aliphatic carbocycles. The first-order valence-electron chi connectivity index (χ1n) is 6.87. The number of rotatable bonds is 1. The fourth-order valence-electron chi connectivity index (χ4n) is 2.59. The molecule has 2 unspecified atom stereocenters. The molecule has 0 aromatic heterocycles. The highest BCUT2D eigenvalue weighted by Gasteiger charge is 2.35. The van der Waals surface area contributed by atoms with Crippen LogP contribution in [0.1, 0.15) is 61.3 Å². The first kappa shape index (κ1) is 14.4. The lowest BCUT2D eigenvalue weighted by Crippen LogP contribution is -2.27. The Hall–Kier alpha value is 0.350. The highest BCUT2D eigenvalue weighted by Crippen LogP contribution is 2.45. The third-order valence-electron chi connectivity index (χ3n) is 4.28. The molecule has 1 heterocycles. The molecule has 16 heavy (non-hydrogen) atoms. The van der Waals surface area contributed by atoms with Gasteiger partial charge in [-0.05, 0) is 36.0 Å². The van der Waals surface area contributed by atoms with Crippen LogP contribution in [0.2, 0.25) is 0 Å². The molecule has 1 aliphatic rings. The van der Waals surface area contributed by atoms with E-state index < -0.39 is 0 Å². The van der Waals surface area contributed by atoms with Gasteiger partial charge >= 0.3 is 0 Å². The van der Waals surface area contributed by atoms with E-state index in [0.717, 1.165) is 28.3 Å². The van der Waals surface area contributed by atoms with Crippen molar-refractivity contribution in [1.82, 2.24) is 0 Å². The van der Waals surface area contributed by atoms with Gasteiger partial charge in [0.05, 0.1) is 0 Å². The van der Waals surface area contributed by atoms with Gasteiger partial charge in [-0.3, -0.25) is 0 Å². The number of hydrogen-bond donors (Lipinski definition) is 0. The summed E-state index contributed by atoms with van der Waals surface area (Å²) in [6.45, 7) is 16.9. The van der Waals surface area contributed by atoms with Gasteiger partial charge in [-0.15, -0.1) is 0 Å². The molecule has 0 radical (unpaired) electrons. The van der Waals surface area contributed by atoms with Crippen LogP contribution in [0.4, 0.5) is 0 Å². The van der Waals surface area contributed by atoms with E-state index in [4.69, 9.17) is 0 Å². The minimum absolute atomic E-state index is 0.454. The van der Waals surface area contributed by atoms with Crippen molar-refractivity contribution in [1.29, 1.82) is 0 Å². The van der Waals surface area contributed by atoms with Crippen molar-refractivity contribution in [3.8, 4) is 0 Å². The van der Waals surface area contributed by atoms with Crippen molar-refractivity contribution in [2.75, 3.05) is 0 Å². The van der Waals surface area contributed by atoms with E-state index in [9.17, 15) is 0 Å². The molecule has 0 amide bonds. The van der Waals surface area contributed by atoms with Gasteiger partial charge in [-0.25, -0.2) is 0 Å². The predicted octanol–water partition coefficient (Wildman–Crippen LogP) is 5.22. The molecule has 1 aliphatic heterocycles. The molecular formula is C15H30S. The van der Waals surface area contributed by atoms with E-state index in [1.54, 1.807) is 0 Å². The molecule has 4 atom stereocenters. The Labute approximate surface area is 107 Å². The summed E-state index contributed by atoms with van der Waals surface area (Å²) in [6, 6.07) is 0. The van der Waals surface area contributed by atoms with E-state index >= 15 is 0 Å². The Kier molecular flexibility index (Phi) is 4.80. The topological polar surface area (TPSA) is 0 Å². The Balaban J connectivity index is 2.80. The quantitative estimate of drug-likeness (QED) is 0.607. The van der Waals surface area contributed by atoms with Gasteiger partial charge in [0.1, 0.15) is 0 Å². The first-order chi connectivity index (χ1) is 7.21. The molecule has 0 spiro atoms. The lowest BCUT2D eigenvalue weighted by Gasteiger charge is -2.33. The lowest BCUT2D eigenvalue weighted by atomic mass is 9.78. The van der Waals surface area contributed by atoms with Crippen molar-refractivity contribution in [3.63, 3.8) is 0 Å². The third-order valence-corrected chi connectivity index (χ3v) is 6.40. The summed E-state index contributed by atoms with van der Waals surface area (Å²) in [7, 11) is 0. The van der Waals surface area contributed by atoms with Crippen LogP contribution in [0.15, 0.2) is 0 Å². The molecule has 1 fully saturated rings. The molecule has 0 N–H and O–H groups in total. The van der Waals surface area contributed by atoms with Crippen LogP contribution in [0.25, 0.3) is 0 Å². The van der Waals surface area contributed by atoms with Gasteiger partial charge in [0.25, 0.3) is 0 Å². The fourth-order valence-corrected chi connectivity index (χ4v) is 4.26. The molecule has 96 valence electrons. The number of thioether (sulfide) groups is 1. The molecule has 1 rings (SSSR count). The number of hydrogen-bond acceptors (Lipinski definition) is 1. The summed E-state index contributed by atoms with van der Waals surface area (Å²) < 4.78 is 0. The van der Waals surface area contributed by atoms with Crippen LogP contribution in [0.3, 0.4) is 0 Å². The molecule has 1 heteroatoms. The van der Waals surface area contributed by atoms with Crippen molar-refractivity contribution in [2.24, 2.45) is 23.2 Å². The molecule has 0 bridgehead atoms. The molecule has 0 aromatic rings. The van der Waals surface area contributed by atoms with Crippen LogP contribution in [-0.2, 0) is 0 Å². The Bertz CT molecular complexity index is 214. The maximum absolute atomic E-state index is 2.44. The average molecular weight is 242 g/mol. The Morgan fingerprint density at radius 3 is 2.06 bits per heavy atom. The SMILES string of the molecule is CC1C[C@@H](C(C)C)C[C@H](C(C)(C)C)SC1C. The Morgan fingerprint density at radius 1 is 1.06 bits per heavy atom. The third kappa shape index (κ3) is 3.68. The summed E-state index contributed by atoms with van der Waals surface area (Å²) in [5, 5.41) is 1.66. The predicted molar refractivity (Wildman–Crippen MR) is 77.0 cm³/mol. The summed E-state index contributed by atoms with van der Waals surface area (Å²) >= 11 is 2.24. The maximum Gasteiger partial charge on any atom is 0.0101 e. The highest BCUT2D eigenvalue weighted by molar-refractivity contribution is 8.00. The van der Waals surface area contributed by atoms with Crippen LogP contribution in [0.5, 0.6) is 0 Å². The van der Waals surface area contributed by atoms with Gasteiger partial charge in [0, 0.05) is 10.5 Å².